The minimum Gasteiger partial charge on any atom is -0.220 e. The first-order valence-corrected chi connectivity index (χ1v) is 5.76. The molecule has 0 aliphatic rings. The molecule has 2 rings (SSSR count). The van der Waals surface area contributed by atoms with Gasteiger partial charge in [-0.05, 0) is 19.1 Å². The molecular weight excluding hydrogens is 257 g/mol. The molecule has 0 bridgehead atoms. The Labute approximate surface area is 109 Å². The van der Waals surface area contributed by atoms with Gasteiger partial charge in [0, 0.05) is 5.56 Å². The number of aryl methyl sites for hydroxylation is 1. The van der Waals surface area contributed by atoms with Crippen LogP contribution in [0.25, 0.3) is 5.69 Å². The van der Waals surface area contributed by atoms with Gasteiger partial charge in [-0.15, -0.1) is 0 Å². The van der Waals surface area contributed by atoms with Crippen molar-refractivity contribution in [2.24, 2.45) is 0 Å². The van der Waals surface area contributed by atoms with E-state index < -0.39 is 0 Å². The summed E-state index contributed by atoms with van der Waals surface area (Å²) >= 11 is 12.3. The summed E-state index contributed by atoms with van der Waals surface area (Å²) in [7, 11) is 0. The number of halogens is 2. The fourth-order valence-corrected chi connectivity index (χ4v) is 2.14. The topological polar surface area (TPSA) is 41.6 Å². The maximum Gasteiger partial charge on any atom is 0.137 e. The molecule has 0 saturated carbocycles. The molecule has 1 aromatic carbocycles. The Bertz CT molecular complexity index is 596. The molecule has 0 amide bonds. The lowest BCUT2D eigenvalue weighted by Crippen LogP contribution is -1.97. The van der Waals surface area contributed by atoms with Crippen LogP contribution < -0.4 is 0 Å². The van der Waals surface area contributed by atoms with Crippen LogP contribution in [-0.4, -0.2) is 9.78 Å². The monoisotopic (exact) mass is 265 g/mol. The van der Waals surface area contributed by atoms with Crippen molar-refractivity contribution in [2.75, 3.05) is 0 Å². The molecular formula is C12H9Cl2N3. The number of benzene rings is 1. The van der Waals surface area contributed by atoms with E-state index in [0.29, 0.717) is 15.9 Å². The number of aromatic nitrogens is 2. The first-order chi connectivity index (χ1) is 8.15. The van der Waals surface area contributed by atoms with Crippen LogP contribution in [0.4, 0.5) is 0 Å². The average molecular weight is 266 g/mol. The van der Waals surface area contributed by atoms with Gasteiger partial charge in [-0.1, -0.05) is 35.3 Å². The van der Waals surface area contributed by atoms with E-state index in [1.165, 1.54) is 0 Å². The lowest BCUT2D eigenvalue weighted by atomic mass is 10.2. The van der Waals surface area contributed by atoms with Crippen LogP contribution in [0.3, 0.4) is 0 Å². The maximum atomic E-state index is 8.73. The molecule has 0 radical (unpaired) electrons. The fraction of sp³-hybridized carbons (Fsp3) is 0.167. The molecule has 0 fully saturated rings. The fourth-order valence-electron chi connectivity index (χ4n) is 1.59. The van der Waals surface area contributed by atoms with Gasteiger partial charge in [-0.25, -0.2) is 4.68 Å². The highest BCUT2D eigenvalue weighted by molar-refractivity contribution is 6.33. The third-order valence-electron chi connectivity index (χ3n) is 2.46. The summed E-state index contributed by atoms with van der Waals surface area (Å²) < 4.78 is 1.56. The maximum absolute atomic E-state index is 8.73. The van der Waals surface area contributed by atoms with Gasteiger partial charge >= 0.3 is 0 Å². The normalized spacial score (nSPS) is 10.2. The second-order valence-corrected chi connectivity index (χ2v) is 4.32. The van der Waals surface area contributed by atoms with E-state index in [4.69, 9.17) is 28.5 Å². The largest absolute Gasteiger partial charge is 0.220 e. The lowest BCUT2D eigenvalue weighted by molar-refractivity contribution is 0.863. The predicted molar refractivity (Wildman–Crippen MR) is 67.6 cm³/mol. The van der Waals surface area contributed by atoms with Gasteiger partial charge in [0.15, 0.2) is 0 Å². The zero-order chi connectivity index (χ0) is 12.4. The number of hydrogen-bond acceptors (Lipinski definition) is 2. The van der Waals surface area contributed by atoms with Crippen molar-refractivity contribution >= 4 is 23.2 Å². The summed E-state index contributed by atoms with van der Waals surface area (Å²) in [5, 5.41) is 14.1. The molecule has 0 unspecified atom stereocenters. The molecule has 17 heavy (non-hydrogen) atoms. The van der Waals surface area contributed by atoms with Crippen LogP contribution in [0, 0.1) is 18.3 Å². The molecule has 0 N–H and O–H groups in total. The van der Waals surface area contributed by atoms with Crippen LogP contribution in [0.1, 0.15) is 11.3 Å². The average Bonchev–Trinajstić information content (AvgIpc) is 2.58. The van der Waals surface area contributed by atoms with Crippen molar-refractivity contribution in [3.05, 3.63) is 45.7 Å². The Morgan fingerprint density at radius 3 is 2.71 bits per heavy atom. The molecule has 86 valence electrons. The standard InChI is InChI=1S/C12H9Cl2N3/c1-8-9(6-7-15)12(14)17(16-8)11-5-3-2-4-10(11)13/h2-5H,6H2,1H3. The zero-order valence-corrected chi connectivity index (χ0v) is 10.6. The minimum atomic E-state index is 0.245. The molecule has 0 saturated heterocycles. The molecule has 3 nitrogen and oxygen atoms in total. The van der Waals surface area contributed by atoms with E-state index >= 15 is 0 Å². The lowest BCUT2D eigenvalue weighted by Gasteiger charge is -2.05. The first-order valence-electron chi connectivity index (χ1n) is 5.01. The summed E-state index contributed by atoms with van der Waals surface area (Å²) in [6, 6.07) is 9.38. The molecule has 1 heterocycles. The highest BCUT2D eigenvalue weighted by Crippen LogP contribution is 2.27. The Morgan fingerprint density at radius 1 is 1.35 bits per heavy atom. The van der Waals surface area contributed by atoms with Crippen molar-refractivity contribution in [1.29, 1.82) is 5.26 Å². The van der Waals surface area contributed by atoms with Crippen LogP contribution >= 0.6 is 23.2 Å². The van der Waals surface area contributed by atoms with Gasteiger partial charge in [0.25, 0.3) is 0 Å². The first kappa shape index (κ1) is 12.0. The third-order valence-corrected chi connectivity index (χ3v) is 3.17. The number of rotatable bonds is 2. The Morgan fingerprint density at radius 2 is 2.06 bits per heavy atom. The Kier molecular flexibility index (Phi) is 3.37. The smallest absolute Gasteiger partial charge is 0.137 e. The number of nitrogens with zero attached hydrogens (tertiary/aromatic N) is 3. The molecule has 5 heteroatoms. The van der Waals surface area contributed by atoms with Crippen molar-refractivity contribution in [2.45, 2.75) is 13.3 Å². The number of nitriles is 1. The molecule has 0 aliphatic heterocycles. The number of hydrogen-bond donors (Lipinski definition) is 0. The molecule has 0 atom stereocenters. The van der Waals surface area contributed by atoms with Gasteiger partial charge in [0.2, 0.25) is 0 Å². The molecule has 2 aromatic rings. The van der Waals surface area contributed by atoms with Gasteiger partial charge < -0.3 is 0 Å². The van der Waals surface area contributed by atoms with E-state index in [2.05, 4.69) is 11.2 Å². The van der Waals surface area contributed by atoms with Gasteiger partial charge in [-0.3, -0.25) is 0 Å². The zero-order valence-electron chi connectivity index (χ0n) is 9.11. The second-order valence-electron chi connectivity index (χ2n) is 3.55. The van der Waals surface area contributed by atoms with Crippen LogP contribution in [0.2, 0.25) is 10.2 Å². The molecule has 1 aromatic heterocycles. The summed E-state index contributed by atoms with van der Waals surface area (Å²) in [5.41, 5.74) is 2.21. The molecule has 0 aliphatic carbocycles. The SMILES string of the molecule is Cc1nn(-c2ccccc2Cl)c(Cl)c1CC#N. The summed E-state index contributed by atoms with van der Waals surface area (Å²) in [5.74, 6) is 0. The Balaban J connectivity index is 2.59. The van der Waals surface area contributed by atoms with Gasteiger partial charge in [-0.2, -0.15) is 10.4 Å². The van der Waals surface area contributed by atoms with Crippen molar-refractivity contribution in [3.63, 3.8) is 0 Å². The van der Waals surface area contributed by atoms with Crippen molar-refractivity contribution in [3.8, 4) is 11.8 Å². The second kappa shape index (κ2) is 4.79. The number of para-hydroxylation sites is 1. The summed E-state index contributed by atoms with van der Waals surface area (Å²) in [6.07, 6.45) is 0.245. The van der Waals surface area contributed by atoms with E-state index in [1.54, 1.807) is 10.7 Å². The minimum absolute atomic E-state index is 0.245. The van der Waals surface area contributed by atoms with E-state index in [0.717, 1.165) is 11.3 Å². The Hall–Kier alpha value is -1.50. The third kappa shape index (κ3) is 2.14. The summed E-state index contributed by atoms with van der Waals surface area (Å²) in [4.78, 5) is 0. The van der Waals surface area contributed by atoms with Crippen molar-refractivity contribution < 1.29 is 0 Å². The quantitative estimate of drug-likeness (QED) is 0.834. The van der Waals surface area contributed by atoms with Crippen LogP contribution in [-0.2, 0) is 6.42 Å². The predicted octanol–water partition coefficient (Wildman–Crippen LogP) is 3.55. The highest BCUT2D eigenvalue weighted by Gasteiger charge is 2.15. The van der Waals surface area contributed by atoms with E-state index in [-0.39, 0.29) is 6.42 Å². The highest BCUT2D eigenvalue weighted by atomic mass is 35.5. The molecule has 0 spiro atoms. The van der Waals surface area contributed by atoms with E-state index in [1.807, 2.05) is 25.1 Å². The van der Waals surface area contributed by atoms with Crippen LogP contribution in [0.15, 0.2) is 24.3 Å². The van der Waals surface area contributed by atoms with Gasteiger partial charge in [0.05, 0.1) is 28.9 Å². The van der Waals surface area contributed by atoms with E-state index in [9.17, 15) is 0 Å². The van der Waals surface area contributed by atoms with Crippen LogP contribution in [0.5, 0.6) is 0 Å². The van der Waals surface area contributed by atoms with Crippen molar-refractivity contribution in [1.82, 2.24) is 9.78 Å². The summed E-state index contributed by atoms with van der Waals surface area (Å²) in [6.45, 7) is 1.83. The van der Waals surface area contributed by atoms with Gasteiger partial charge in [0.1, 0.15) is 5.15 Å².